The lowest BCUT2D eigenvalue weighted by Crippen LogP contribution is -2.40. The van der Waals surface area contributed by atoms with Gasteiger partial charge in [0.2, 0.25) is 0 Å². The molecule has 6 nitrogen and oxygen atoms in total. The topological polar surface area (TPSA) is 60.0 Å². The zero-order valence-corrected chi connectivity index (χ0v) is 18.9. The van der Waals surface area contributed by atoms with Crippen LogP contribution in [0.3, 0.4) is 0 Å². The molecular formula is C26H34N2O4. The number of piperidine rings is 1. The molecule has 0 saturated carbocycles. The molecule has 0 spiro atoms. The molecule has 2 aliphatic rings. The molecule has 1 amide bonds. The molecule has 0 radical (unpaired) electrons. The maximum Gasteiger partial charge on any atom is 0.251 e. The van der Waals surface area contributed by atoms with E-state index in [9.17, 15) is 4.79 Å². The van der Waals surface area contributed by atoms with Gasteiger partial charge in [-0.1, -0.05) is 18.6 Å². The summed E-state index contributed by atoms with van der Waals surface area (Å²) in [6.07, 6.45) is 6.01. The van der Waals surface area contributed by atoms with Gasteiger partial charge in [0.05, 0.1) is 19.3 Å². The zero-order chi connectivity index (χ0) is 22.2. The van der Waals surface area contributed by atoms with Crippen molar-refractivity contribution in [3.05, 3.63) is 59.7 Å². The maximum absolute atomic E-state index is 12.8. The molecule has 2 heterocycles. The molecule has 6 heteroatoms. The summed E-state index contributed by atoms with van der Waals surface area (Å²) in [6, 6.07) is 15.7. The SMILES string of the molecule is COc1ccc([C@@H](CNC(=O)c2ccc(OC[C@@H]3CCCO3)cc2)N2CCCCC2)cc1. The first-order valence-corrected chi connectivity index (χ1v) is 11.7. The summed E-state index contributed by atoms with van der Waals surface area (Å²) in [5.74, 6) is 1.55. The second-order valence-electron chi connectivity index (χ2n) is 8.57. The molecule has 2 atom stereocenters. The smallest absolute Gasteiger partial charge is 0.251 e. The predicted molar refractivity (Wildman–Crippen MR) is 124 cm³/mol. The lowest BCUT2D eigenvalue weighted by atomic mass is 10.0. The predicted octanol–water partition coefficient (Wildman–Crippen LogP) is 4.21. The number of benzene rings is 2. The molecule has 0 unspecified atom stereocenters. The Morgan fingerprint density at radius 3 is 2.41 bits per heavy atom. The highest BCUT2D eigenvalue weighted by molar-refractivity contribution is 5.94. The third-order valence-corrected chi connectivity index (χ3v) is 6.36. The Labute approximate surface area is 190 Å². The van der Waals surface area contributed by atoms with E-state index in [-0.39, 0.29) is 18.1 Å². The van der Waals surface area contributed by atoms with E-state index in [4.69, 9.17) is 14.2 Å². The molecule has 172 valence electrons. The highest BCUT2D eigenvalue weighted by atomic mass is 16.5. The Kier molecular flexibility index (Phi) is 8.02. The van der Waals surface area contributed by atoms with Crippen LogP contribution in [0.2, 0.25) is 0 Å². The van der Waals surface area contributed by atoms with E-state index in [0.29, 0.717) is 18.7 Å². The molecule has 0 aliphatic carbocycles. The van der Waals surface area contributed by atoms with Gasteiger partial charge in [-0.2, -0.15) is 0 Å². The second-order valence-corrected chi connectivity index (χ2v) is 8.57. The van der Waals surface area contributed by atoms with Crippen LogP contribution in [0.15, 0.2) is 48.5 Å². The summed E-state index contributed by atoms with van der Waals surface area (Å²) >= 11 is 0. The van der Waals surface area contributed by atoms with Crippen molar-refractivity contribution in [2.45, 2.75) is 44.2 Å². The lowest BCUT2D eigenvalue weighted by molar-refractivity contribution is 0.0679. The average Bonchev–Trinajstić information content (AvgIpc) is 3.38. The van der Waals surface area contributed by atoms with Crippen molar-refractivity contribution in [2.24, 2.45) is 0 Å². The quantitative estimate of drug-likeness (QED) is 0.636. The molecule has 2 fully saturated rings. The van der Waals surface area contributed by atoms with E-state index >= 15 is 0 Å². The largest absolute Gasteiger partial charge is 0.497 e. The zero-order valence-electron chi connectivity index (χ0n) is 18.9. The number of hydrogen-bond acceptors (Lipinski definition) is 5. The number of nitrogens with one attached hydrogen (secondary N) is 1. The third-order valence-electron chi connectivity index (χ3n) is 6.36. The van der Waals surface area contributed by atoms with Gasteiger partial charge in [0.25, 0.3) is 5.91 Å². The number of rotatable bonds is 9. The van der Waals surface area contributed by atoms with Crippen LogP contribution in [0.4, 0.5) is 0 Å². The van der Waals surface area contributed by atoms with Crippen LogP contribution in [0.25, 0.3) is 0 Å². The molecule has 2 aliphatic heterocycles. The van der Waals surface area contributed by atoms with Crippen molar-refractivity contribution in [3.63, 3.8) is 0 Å². The van der Waals surface area contributed by atoms with Crippen molar-refractivity contribution in [2.75, 3.05) is 40.0 Å². The van der Waals surface area contributed by atoms with Gasteiger partial charge in [0.1, 0.15) is 18.1 Å². The van der Waals surface area contributed by atoms with Crippen LogP contribution >= 0.6 is 0 Å². The summed E-state index contributed by atoms with van der Waals surface area (Å²) in [6.45, 7) is 4.07. The highest BCUT2D eigenvalue weighted by Gasteiger charge is 2.23. The monoisotopic (exact) mass is 438 g/mol. The van der Waals surface area contributed by atoms with E-state index in [1.165, 1.54) is 24.8 Å². The van der Waals surface area contributed by atoms with E-state index in [2.05, 4.69) is 22.3 Å². The van der Waals surface area contributed by atoms with Crippen molar-refractivity contribution in [1.29, 1.82) is 0 Å². The van der Waals surface area contributed by atoms with Crippen molar-refractivity contribution >= 4 is 5.91 Å². The number of hydrogen-bond donors (Lipinski definition) is 1. The molecule has 0 aromatic heterocycles. The van der Waals surface area contributed by atoms with Crippen LogP contribution in [-0.4, -0.2) is 56.9 Å². The number of carbonyl (C=O) groups is 1. The highest BCUT2D eigenvalue weighted by Crippen LogP contribution is 2.26. The third kappa shape index (κ3) is 6.02. The van der Waals surface area contributed by atoms with Gasteiger partial charge in [0.15, 0.2) is 0 Å². The number of ether oxygens (including phenoxy) is 3. The summed E-state index contributed by atoms with van der Waals surface area (Å²) in [5, 5.41) is 3.15. The average molecular weight is 439 g/mol. The Bertz CT molecular complexity index is 841. The van der Waals surface area contributed by atoms with E-state index in [1.807, 2.05) is 36.4 Å². The first-order valence-electron chi connectivity index (χ1n) is 11.7. The summed E-state index contributed by atoms with van der Waals surface area (Å²) in [5.41, 5.74) is 1.84. The molecule has 4 rings (SSSR count). The van der Waals surface area contributed by atoms with Gasteiger partial charge in [-0.05, 0) is 80.7 Å². The van der Waals surface area contributed by atoms with E-state index in [1.54, 1.807) is 7.11 Å². The minimum atomic E-state index is -0.0637. The Balaban J connectivity index is 1.35. The van der Waals surface area contributed by atoms with Crippen LogP contribution < -0.4 is 14.8 Å². The van der Waals surface area contributed by atoms with Crippen molar-refractivity contribution < 1.29 is 19.0 Å². The second kappa shape index (κ2) is 11.3. The molecule has 2 aromatic rings. The van der Waals surface area contributed by atoms with Gasteiger partial charge in [-0.15, -0.1) is 0 Å². The first-order chi connectivity index (χ1) is 15.7. The van der Waals surface area contributed by atoms with Gasteiger partial charge >= 0.3 is 0 Å². The summed E-state index contributed by atoms with van der Waals surface area (Å²) in [4.78, 5) is 15.3. The molecule has 2 saturated heterocycles. The fraction of sp³-hybridized carbons (Fsp3) is 0.500. The Morgan fingerprint density at radius 2 is 1.75 bits per heavy atom. The van der Waals surface area contributed by atoms with Crippen LogP contribution in [-0.2, 0) is 4.74 Å². The number of amides is 1. The molecule has 1 N–H and O–H groups in total. The minimum absolute atomic E-state index is 0.0637. The number of methoxy groups -OCH3 is 1. The lowest BCUT2D eigenvalue weighted by Gasteiger charge is -2.35. The van der Waals surface area contributed by atoms with Crippen molar-refractivity contribution in [3.8, 4) is 11.5 Å². The van der Waals surface area contributed by atoms with E-state index in [0.717, 1.165) is 44.0 Å². The normalized spacial score (nSPS) is 20.0. The summed E-state index contributed by atoms with van der Waals surface area (Å²) < 4.78 is 16.7. The fourth-order valence-corrected chi connectivity index (χ4v) is 4.47. The fourth-order valence-electron chi connectivity index (χ4n) is 4.47. The van der Waals surface area contributed by atoms with Gasteiger partial charge in [-0.25, -0.2) is 0 Å². The summed E-state index contributed by atoms with van der Waals surface area (Å²) in [7, 11) is 1.68. The molecule has 0 bridgehead atoms. The van der Waals surface area contributed by atoms with E-state index < -0.39 is 0 Å². The molecule has 32 heavy (non-hydrogen) atoms. The Hall–Kier alpha value is -2.57. The number of nitrogens with zero attached hydrogens (tertiary/aromatic N) is 1. The van der Waals surface area contributed by atoms with Gasteiger partial charge in [0, 0.05) is 18.7 Å². The Morgan fingerprint density at radius 1 is 1.03 bits per heavy atom. The van der Waals surface area contributed by atoms with Gasteiger partial charge < -0.3 is 19.5 Å². The molecular weight excluding hydrogens is 404 g/mol. The van der Waals surface area contributed by atoms with Crippen LogP contribution in [0.1, 0.15) is 54.1 Å². The number of likely N-dealkylation sites (tertiary alicyclic amines) is 1. The standard InChI is InChI=1S/C26H34N2O4/c1-30-22-11-7-20(8-12-22)25(28-15-3-2-4-16-28)18-27-26(29)21-9-13-23(14-10-21)32-19-24-6-5-17-31-24/h7-14,24-25H,2-6,15-19H2,1H3,(H,27,29)/t24-,25+/m0/s1. The first kappa shape index (κ1) is 22.6. The number of carbonyl (C=O) groups excluding carboxylic acids is 1. The van der Waals surface area contributed by atoms with Crippen LogP contribution in [0.5, 0.6) is 11.5 Å². The van der Waals surface area contributed by atoms with Gasteiger partial charge in [-0.3, -0.25) is 9.69 Å². The van der Waals surface area contributed by atoms with Crippen molar-refractivity contribution in [1.82, 2.24) is 10.2 Å². The molecule has 2 aromatic carbocycles. The van der Waals surface area contributed by atoms with Crippen LogP contribution in [0, 0.1) is 0 Å². The maximum atomic E-state index is 12.8. The minimum Gasteiger partial charge on any atom is -0.497 e.